The first-order valence-electron chi connectivity index (χ1n) is 8.19. The molecule has 3 aromatic heterocycles. The molecule has 0 unspecified atom stereocenters. The van der Waals surface area contributed by atoms with Crippen LogP contribution in [0.5, 0.6) is 0 Å². The Hall–Kier alpha value is -2.27. The van der Waals surface area contributed by atoms with Gasteiger partial charge in [0.2, 0.25) is 0 Å². The summed E-state index contributed by atoms with van der Waals surface area (Å²) in [5.74, 6) is 1.34. The molecule has 0 spiro atoms. The highest BCUT2D eigenvalue weighted by molar-refractivity contribution is 5.46. The van der Waals surface area contributed by atoms with Gasteiger partial charge < -0.3 is 0 Å². The van der Waals surface area contributed by atoms with Crippen LogP contribution in [-0.4, -0.2) is 31.0 Å². The van der Waals surface area contributed by atoms with E-state index in [1.807, 2.05) is 29.0 Å². The van der Waals surface area contributed by atoms with Crippen molar-refractivity contribution < 1.29 is 0 Å². The molecule has 0 saturated carbocycles. The molecule has 0 saturated heterocycles. The Morgan fingerprint density at radius 2 is 2.17 bits per heavy atom. The minimum atomic E-state index is 0.385. The summed E-state index contributed by atoms with van der Waals surface area (Å²) < 4.78 is 1.94. The van der Waals surface area contributed by atoms with Gasteiger partial charge in [-0.25, -0.2) is 14.5 Å². The van der Waals surface area contributed by atoms with Crippen LogP contribution in [0.1, 0.15) is 42.5 Å². The summed E-state index contributed by atoms with van der Waals surface area (Å²) in [4.78, 5) is 11.7. The lowest BCUT2D eigenvalue weighted by molar-refractivity contribution is 0.239. The standard InChI is InChI=1S/C18H21N5/c1-13(2)18-19-10-14-11-22(8-6-17(14)20-18)12-15-9-16-5-3-4-7-23(16)21-15/h3-5,7,9-10,13H,6,8,11-12H2,1-2H3. The van der Waals surface area contributed by atoms with E-state index < -0.39 is 0 Å². The molecule has 118 valence electrons. The van der Waals surface area contributed by atoms with Crippen LogP contribution in [0.15, 0.2) is 36.7 Å². The Bertz CT molecular complexity index is 803. The van der Waals surface area contributed by atoms with E-state index in [9.17, 15) is 0 Å². The van der Waals surface area contributed by atoms with Gasteiger partial charge in [-0.2, -0.15) is 5.10 Å². The molecular weight excluding hydrogens is 286 g/mol. The fraction of sp³-hybridized carbons (Fsp3) is 0.389. The molecule has 0 radical (unpaired) electrons. The van der Waals surface area contributed by atoms with Crippen LogP contribution in [0.4, 0.5) is 0 Å². The van der Waals surface area contributed by atoms with E-state index >= 15 is 0 Å². The third kappa shape index (κ3) is 2.84. The van der Waals surface area contributed by atoms with Crippen LogP contribution in [0.3, 0.4) is 0 Å². The number of hydrogen-bond acceptors (Lipinski definition) is 4. The second-order valence-electron chi connectivity index (χ2n) is 6.52. The van der Waals surface area contributed by atoms with Crippen molar-refractivity contribution in [3.05, 3.63) is 59.4 Å². The number of hydrogen-bond donors (Lipinski definition) is 0. The van der Waals surface area contributed by atoms with Crippen LogP contribution in [0.2, 0.25) is 0 Å². The first kappa shape index (κ1) is 14.3. The molecule has 0 fully saturated rings. The van der Waals surface area contributed by atoms with Crippen molar-refractivity contribution in [2.24, 2.45) is 0 Å². The Labute approximate surface area is 136 Å². The molecule has 5 heteroatoms. The van der Waals surface area contributed by atoms with E-state index in [4.69, 9.17) is 4.98 Å². The van der Waals surface area contributed by atoms with Crippen LogP contribution in [0, 0.1) is 0 Å². The molecule has 4 rings (SSSR count). The smallest absolute Gasteiger partial charge is 0.131 e. The number of aromatic nitrogens is 4. The van der Waals surface area contributed by atoms with Gasteiger partial charge in [-0.05, 0) is 18.2 Å². The van der Waals surface area contributed by atoms with Crippen molar-refractivity contribution in [3.63, 3.8) is 0 Å². The van der Waals surface area contributed by atoms with E-state index in [1.54, 1.807) is 0 Å². The predicted octanol–water partition coefficient (Wildman–Crippen LogP) is 2.81. The quantitative estimate of drug-likeness (QED) is 0.746. The first-order chi connectivity index (χ1) is 11.2. The lowest BCUT2D eigenvalue weighted by atomic mass is 10.1. The largest absolute Gasteiger partial charge is 0.293 e. The molecule has 23 heavy (non-hydrogen) atoms. The first-order valence-corrected chi connectivity index (χ1v) is 8.19. The van der Waals surface area contributed by atoms with Gasteiger partial charge in [-0.15, -0.1) is 0 Å². The maximum absolute atomic E-state index is 4.73. The molecular formula is C18H21N5. The Kier molecular flexibility index (Phi) is 3.58. The summed E-state index contributed by atoms with van der Waals surface area (Å²) in [5.41, 5.74) is 4.73. The highest BCUT2D eigenvalue weighted by Gasteiger charge is 2.20. The number of fused-ring (bicyclic) bond motifs is 2. The van der Waals surface area contributed by atoms with E-state index in [1.165, 1.54) is 11.3 Å². The highest BCUT2D eigenvalue weighted by atomic mass is 15.2. The average molecular weight is 307 g/mol. The van der Waals surface area contributed by atoms with E-state index in [0.717, 1.165) is 43.1 Å². The SMILES string of the molecule is CC(C)c1ncc2c(n1)CCN(Cc1cc3ccccn3n1)C2. The van der Waals surface area contributed by atoms with Crippen molar-refractivity contribution in [3.8, 4) is 0 Å². The zero-order valence-corrected chi connectivity index (χ0v) is 13.6. The Morgan fingerprint density at radius 1 is 1.26 bits per heavy atom. The summed E-state index contributed by atoms with van der Waals surface area (Å²) in [6, 6.07) is 8.29. The normalized spacial score (nSPS) is 15.3. The van der Waals surface area contributed by atoms with Gasteiger partial charge in [0.15, 0.2) is 0 Å². The Morgan fingerprint density at radius 3 is 3.00 bits per heavy atom. The maximum atomic E-state index is 4.73. The molecule has 5 nitrogen and oxygen atoms in total. The summed E-state index contributed by atoms with van der Waals surface area (Å²) in [6.07, 6.45) is 4.99. The Balaban J connectivity index is 1.51. The monoisotopic (exact) mass is 307 g/mol. The molecule has 1 aliphatic rings. The van der Waals surface area contributed by atoms with Crippen molar-refractivity contribution in [1.29, 1.82) is 0 Å². The van der Waals surface area contributed by atoms with Crippen molar-refractivity contribution in [2.45, 2.75) is 39.3 Å². The second-order valence-corrected chi connectivity index (χ2v) is 6.52. The van der Waals surface area contributed by atoms with Crippen molar-refractivity contribution >= 4 is 5.52 Å². The van der Waals surface area contributed by atoms with Gasteiger partial charge in [0.25, 0.3) is 0 Å². The van der Waals surface area contributed by atoms with E-state index in [-0.39, 0.29) is 0 Å². The zero-order chi connectivity index (χ0) is 15.8. The van der Waals surface area contributed by atoms with E-state index in [0.29, 0.717) is 5.92 Å². The van der Waals surface area contributed by atoms with Crippen LogP contribution in [-0.2, 0) is 19.5 Å². The van der Waals surface area contributed by atoms with Gasteiger partial charge in [-0.1, -0.05) is 19.9 Å². The van der Waals surface area contributed by atoms with Gasteiger partial charge in [0, 0.05) is 55.6 Å². The molecule has 0 bridgehead atoms. The fourth-order valence-electron chi connectivity index (χ4n) is 3.10. The van der Waals surface area contributed by atoms with Gasteiger partial charge in [0.05, 0.1) is 11.2 Å². The number of pyridine rings is 1. The summed E-state index contributed by atoms with van der Waals surface area (Å²) in [7, 11) is 0. The lowest BCUT2D eigenvalue weighted by Gasteiger charge is -2.27. The third-order valence-corrected chi connectivity index (χ3v) is 4.35. The minimum absolute atomic E-state index is 0.385. The molecule has 0 amide bonds. The topological polar surface area (TPSA) is 46.3 Å². The molecule has 0 atom stereocenters. The van der Waals surface area contributed by atoms with Gasteiger partial charge >= 0.3 is 0 Å². The molecule has 3 aromatic rings. The summed E-state index contributed by atoms with van der Waals surface area (Å²) in [5, 5.41) is 4.64. The molecule has 0 aliphatic carbocycles. The molecule has 4 heterocycles. The predicted molar refractivity (Wildman–Crippen MR) is 89.1 cm³/mol. The lowest BCUT2D eigenvalue weighted by Crippen LogP contribution is -2.31. The number of rotatable bonds is 3. The van der Waals surface area contributed by atoms with Gasteiger partial charge in [-0.3, -0.25) is 4.90 Å². The number of nitrogens with zero attached hydrogens (tertiary/aromatic N) is 5. The minimum Gasteiger partial charge on any atom is -0.293 e. The second kappa shape index (κ2) is 5.74. The maximum Gasteiger partial charge on any atom is 0.131 e. The molecule has 1 aliphatic heterocycles. The van der Waals surface area contributed by atoms with Crippen molar-refractivity contribution in [1.82, 2.24) is 24.5 Å². The summed E-state index contributed by atoms with van der Waals surface area (Å²) in [6.45, 7) is 7.07. The van der Waals surface area contributed by atoms with Gasteiger partial charge in [0.1, 0.15) is 5.82 Å². The fourth-order valence-corrected chi connectivity index (χ4v) is 3.10. The van der Waals surface area contributed by atoms with Crippen molar-refractivity contribution in [2.75, 3.05) is 6.54 Å². The molecule has 0 aromatic carbocycles. The highest BCUT2D eigenvalue weighted by Crippen LogP contribution is 2.20. The summed E-state index contributed by atoms with van der Waals surface area (Å²) >= 11 is 0. The van der Waals surface area contributed by atoms with E-state index in [2.05, 4.69) is 41.0 Å². The van der Waals surface area contributed by atoms with Crippen LogP contribution in [0.25, 0.3) is 5.52 Å². The zero-order valence-electron chi connectivity index (χ0n) is 13.6. The van der Waals surface area contributed by atoms with Crippen LogP contribution < -0.4 is 0 Å². The van der Waals surface area contributed by atoms with Crippen LogP contribution >= 0.6 is 0 Å². The third-order valence-electron chi connectivity index (χ3n) is 4.35. The average Bonchev–Trinajstić information content (AvgIpc) is 2.96. The molecule has 0 N–H and O–H groups in total.